The van der Waals surface area contributed by atoms with E-state index < -0.39 is 28.6 Å². The normalized spacial score (nSPS) is 15.0. The molecule has 1 fully saturated rings. The number of fused-ring (bicyclic) bond motifs is 1. The molecule has 0 atom stereocenters. The third kappa shape index (κ3) is 4.72. The fourth-order valence-corrected chi connectivity index (χ4v) is 4.56. The second-order valence-electron chi connectivity index (χ2n) is 7.92. The van der Waals surface area contributed by atoms with Gasteiger partial charge in [0.15, 0.2) is 0 Å². The van der Waals surface area contributed by atoms with Gasteiger partial charge in [-0.3, -0.25) is 29.4 Å². The Hall–Kier alpha value is -3.92. The second kappa shape index (κ2) is 9.52. The molecule has 174 valence electrons. The fourth-order valence-electron chi connectivity index (χ4n) is 3.73. The summed E-state index contributed by atoms with van der Waals surface area (Å²) in [4.78, 5) is 49.2. The largest absolute Gasteiger partial charge is 0.462 e. The van der Waals surface area contributed by atoms with Gasteiger partial charge < -0.3 is 9.30 Å². The van der Waals surface area contributed by atoms with E-state index in [1.807, 2.05) is 28.8 Å². The van der Waals surface area contributed by atoms with Crippen LogP contribution in [0.15, 0.2) is 59.6 Å². The third-order valence-electron chi connectivity index (χ3n) is 5.16. The van der Waals surface area contributed by atoms with Gasteiger partial charge in [-0.2, -0.15) is 0 Å². The summed E-state index contributed by atoms with van der Waals surface area (Å²) in [6.45, 7) is 3.19. The average molecular weight is 480 g/mol. The molecule has 0 N–H and O–H groups in total. The molecule has 0 aliphatic carbocycles. The van der Waals surface area contributed by atoms with E-state index in [-0.39, 0.29) is 23.2 Å². The second-order valence-corrected chi connectivity index (χ2v) is 8.91. The van der Waals surface area contributed by atoms with Crippen molar-refractivity contribution < 1.29 is 24.0 Å². The topological polar surface area (TPSA) is 112 Å². The molecule has 1 aliphatic rings. The summed E-state index contributed by atoms with van der Waals surface area (Å²) in [5.74, 6) is -1.22. The number of thioether (sulfide) groups is 1. The average Bonchev–Trinajstić information content (AvgIpc) is 3.26. The van der Waals surface area contributed by atoms with Crippen molar-refractivity contribution in [1.82, 2.24) is 9.47 Å². The monoisotopic (exact) mass is 479 g/mol. The van der Waals surface area contributed by atoms with E-state index in [1.54, 1.807) is 44.3 Å². The lowest BCUT2D eigenvalue weighted by molar-refractivity contribution is -0.385. The van der Waals surface area contributed by atoms with Gasteiger partial charge >= 0.3 is 5.97 Å². The van der Waals surface area contributed by atoms with E-state index >= 15 is 0 Å². The first kappa shape index (κ1) is 23.2. The Balaban J connectivity index is 1.66. The van der Waals surface area contributed by atoms with Gasteiger partial charge in [0.2, 0.25) is 0 Å². The first-order valence-corrected chi connectivity index (χ1v) is 11.3. The molecule has 0 spiro atoms. The maximum atomic E-state index is 12.8. The van der Waals surface area contributed by atoms with Crippen molar-refractivity contribution in [1.29, 1.82) is 0 Å². The summed E-state index contributed by atoms with van der Waals surface area (Å²) < 4.78 is 6.91. The van der Waals surface area contributed by atoms with E-state index in [1.165, 1.54) is 6.07 Å². The summed E-state index contributed by atoms with van der Waals surface area (Å²) in [7, 11) is 0. The molecule has 4 rings (SSSR count). The predicted molar refractivity (Wildman–Crippen MR) is 128 cm³/mol. The molecule has 2 amide bonds. The summed E-state index contributed by atoms with van der Waals surface area (Å²) >= 11 is 0.758. The zero-order chi connectivity index (χ0) is 24.4. The fraction of sp³-hybridized carbons (Fsp3) is 0.208. The lowest BCUT2D eigenvalue weighted by Gasteiger charge is -2.13. The van der Waals surface area contributed by atoms with Crippen LogP contribution in [0.1, 0.15) is 25.0 Å². The summed E-state index contributed by atoms with van der Waals surface area (Å²) in [6, 6.07) is 14.0. The SMILES string of the molecule is CC(C)OC(=O)CN1C(=O)S/C(=C\c2cn(Cc3ccccc3[N+](=O)[O-])c3ccccc23)C1=O. The minimum atomic E-state index is -0.653. The van der Waals surface area contributed by atoms with Crippen LogP contribution in [0.4, 0.5) is 10.5 Å². The van der Waals surface area contributed by atoms with Gasteiger partial charge in [-0.05, 0) is 37.8 Å². The van der Waals surface area contributed by atoms with Gasteiger partial charge in [0.05, 0.1) is 22.5 Å². The van der Waals surface area contributed by atoms with Crippen molar-refractivity contribution in [2.45, 2.75) is 26.5 Å². The number of nitro benzene ring substituents is 1. The lowest BCUT2D eigenvalue weighted by Crippen LogP contribution is -2.35. The Kier molecular flexibility index (Phi) is 6.51. The van der Waals surface area contributed by atoms with Crippen LogP contribution in [-0.4, -0.2) is 44.2 Å². The molecule has 0 bridgehead atoms. The molecular weight excluding hydrogens is 458 g/mol. The van der Waals surface area contributed by atoms with Crippen LogP contribution < -0.4 is 0 Å². The van der Waals surface area contributed by atoms with Crippen molar-refractivity contribution in [2.24, 2.45) is 0 Å². The highest BCUT2D eigenvalue weighted by molar-refractivity contribution is 8.18. The van der Waals surface area contributed by atoms with Crippen molar-refractivity contribution in [3.05, 3.63) is 80.9 Å². The summed E-state index contributed by atoms with van der Waals surface area (Å²) in [5, 5.41) is 11.7. The molecule has 0 radical (unpaired) electrons. The summed E-state index contributed by atoms with van der Waals surface area (Å²) in [5.41, 5.74) is 2.08. The van der Waals surface area contributed by atoms with Gasteiger partial charge in [-0.1, -0.05) is 36.4 Å². The number of aromatic nitrogens is 1. The van der Waals surface area contributed by atoms with E-state index in [0.717, 1.165) is 27.6 Å². The quantitative estimate of drug-likeness (QED) is 0.211. The molecule has 34 heavy (non-hydrogen) atoms. The first-order chi connectivity index (χ1) is 16.2. The molecule has 0 unspecified atom stereocenters. The minimum Gasteiger partial charge on any atom is -0.462 e. The Morgan fingerprint density at radius 1 is 1.15 bits per heavy atom. The van der Waals surface area contributed by atoms with Crippen LogP contribution in [0.2, 0.25) is 0 Å². The zero-order valence-electron chi connectivity index (χ0n) is 18.5. The maximum absolute atomic E-state index is 12.8. The van der Waals surface area contributed by atoms with E-state index in [0.29, 0.717) is 11.1 Å². The molecule has 1 aromatic heterocycles. The number of para-hydroxylation sites is 2. The van der Waals surface area contributed by atoms with Gasteiger partial charge in [-0.15, -0.1) is 0 Å². The molecule has 2 aromatic carbocycles. The predicted octanol–water partition coefficient (Wildman–Crippen LogP) is 4.59. The number of benzene rings is 2. The number of carbonyl (C=O) groups excluding carboxylic acids is 3. The van der Waals surface area contributed by atoms with Crippen molar-refractivity contribution in [3.63, 3.8) is 0 Å². The Morgan fingerprint density at radius 3 is 2.59 bits per heavy atom. The van der Waals surface area contributed by atoms with Crippen molar-refractivity contribution in [2.75, 3.05) is 6.54 Å². The zero-order valence-corrected chi connectivity index (χ0v) is 19.3. The summed E-state index contributed by atoms with van der Waals surface area (Å²) in [6.07, 6.45) is 3.05. The van der Waals surface area contributed by atoms with Crippen LogP contribution in [-0.2, 0) is 20.9 Å². The first-order valence-electron chi connectivity index (χ1n) is 10.5. The Morgan fingerprint density at radius 2 is 1.85 bits per heavy atom. The van der Waals surface area contributed by atoms with E-state index in [9.17, 15) is 24.5 Å². The van der Waals surface area contributed by atoms with E-state index in [4.69, 9.17) is 4.74 Å². The van der Waals surface area contributed by atoms with Crippen LogP contribution in [0.3, 0.4) is 0 Å². The number of amides is 2. The van der Waals surface area contributed by atoms with Gasteiger partial charge in [0.1, 0.15) is 6.54 Å². The molecule has 10 heteroatoms. The molecule has 3 aromatic rings. The third-order valence-corrected chi connectivity index (χ3v) is 6.07. The number of hydrogen-bond donors (Lipinski definition) is 0. The highest BCUT2D eigenvalue weighted by Crippen LogP contribution is 2.34. The standard InChI is InChI=1S/C24H21N3O6S/c1-15(2)33-22(28)14-26-23(29)21(34-24(26)30)11-17-13-25(20-10-6-4-8-18(17)20)12-16-7-3-5-9-19(16)27(31)32/h3-11,13,15H,12,14H2,1-2H3/b21-11-. The lowest BCUT2D eigenvalue weighted by atomic mass is 10.1. The molecule has 9 nitrogen and oxygen atoms in total. The Labute approximate surface area is 199 Å². The number of hydrogen-bond acceptors (Lipinski definition) is 7. The molecule has 2 heterocycles. The van der Waals surface area contributed by atoms with Gasteiger partial charge in [0.25, 0.3) is 16.8 Å². The Bertz CT molecular complexity index is 1340. The number of rotatable bonds is 7. The van der Waals surface area contributed by atoms with Crippen LogP contribution in [0, 0.1) is 10.1 Å². The number of ether oxygens (including phenoxy) is 1. The van der Waals surface area contributed by atoms with E-state index in [2.05, 4.69) is 0 Å². The number of imide groups is 1. The van der Waals surface area contributed by atoms with Gasteiger partial charge in [-0.25, -0.2) is 0 Å². The van der Waals surface area contributed by atoms with Crippen molar-refractivity contribution >= 4 is 51.5 Å². The molecular formula is C24H21N3O6S. The van der Waals surface area contributed by atoms with Crippen LogP contribution in [0.25, 0.3) is 17.0 Å². The smallest absolute Gasteiger partial charge is 0.326 e. The van der Waals surface area contributed by atoms with Gasteiger partial charge in [0, 0.05) is 34.3 Å². The molecule has 0 saturated carbocycles. The van der Waals surface area contributed by atoms with Crippen LogP contribution >= 0.6 is 11.8 Å². The number of carbonyl (C=O) groups is 3. The number of nitro groups is 1. The van der Waals surface area contributed by atoms with Crippen molar-refractivity contribution in [3.8, 4) is 0 Å². The number of nitrogens with zero attached hydrogens (tertiary/aromatic N) is 3. The molecule has 1 aliphatic heterocycles. The molecule has 1 saturated heterocycles. The number of esters is 1. The van der Waals surface area contributed by atoms with Crippen LogP contribution in [0.5, 0.6) is 0 Å². The maximum Gasteiger partial charge on any atom is 0.326 e. The highest BCUT2D eigenvalue weighted by Gasteiger charge is 2.37. The minimum absolute atomic E-state index is 0.0243. The highest BCUT2D eigenvalue weighted by atomic mass is 32.2.